The Bertz CT molecular complexity index is 655. The lowest BCUT2D eigenvalue weighted by atomic mass is 10.2. The van der Waals surface area contributed by atoms with Crippen molar-refractivity contribution < 1.29 is 19.1 Å². The number of carbonyl (C=O) groups is 2. The number of rotatable bonds is 5. The summed E-state index contributed by atoms with van der Waals surface area (Å²) in [6.07, 6.45) is -0.597. The van der Waals surface area contributed by atoms with Crippen molar-refractivity contribution in [2.75, 3.05) is 11.9 Å². The van der Waals surface area contributed by atoms with Crippen LogP contribution in [-0.2, 0) is 16.1 Å². The van der Waals surface area contributed by atoms with Gasteiger partial charge in [0.05, 0.1) is 12.3 Å². The van der Waals surface area contributed by atoms with E-state index < -0.39 is 12.1 Å². The Morgan fingerprint density at radius 3 is 2.64 bits per heavy atom. The smallest absolute Gasteiger partial charge is 0.413 e. The second kappa shape index (κ2) is 7.56. The number of hydrogen-bond donors (Lipinski definition) is 1. The fourth-order valence-corrected chi connectivity index (χ4v) is 2.53. The van der Waals surface area contributed by atoms with Crippen LogP contribution in [0, 0.1) is 6.92 Å². The minimum Gasteiger partial charge on any atom is -0.457 e. The molecule has 6 nitrogen and oxygen atoms in total. The number of aryl methyl sites for hydroxylation is 1. The van der Waals surface area contributed by atoms with Gasteiger partial charge in [-0.15, -0.1) is 0 Å². The SMILES string of the molecule is CCOC(=O)Nc1nc(C)c(C(=O)OCc2ccccc2)s1. The average molecular weight is 320 g/mol. The second-order valence-corrected chi connectivity index (χ2v) is 5.34. The lowest BCUT2D eigenvalue weighted by Gasteiger charge is -2.03. The molecule has 0 aliphatic rings. The molecule has 1 aromatic heterocycles. The van der Waals surface area contributed by atoms with E-state index in [4.69, 9.17) is 9.47 Å². The quantitative estimate of drug-likeness (QED) is 0.855. The Kier molecular flexibility index (Phi) is 5.48. The topological polar surface area (TPSA) is 77.5 Å². The molecule has 7 heteroatoms. The maximum Gasteiger partial charge on any atom is 0.413 e. The molecule has 0 saturated carbocycles. The molecular weight excluding hydrogens is 304 g/mol. The fraction of sp³-hybridized carbons (Fsp3) is 0.267. The number of carbonyl (C=O) groups excluding carboxylic acids is 2. The van der Waals surface area contributed by atoms with Gasteiger partial charge < -0.3 is 9.47 Å². The van der Waals surface area contributed by atoms with Gasteiger partial charge in [0, 0.05) is 0 Å². The van der Waals surface area contributed by atoms with E-state index in [0.717, 1.165) is 16.9 Å². The predicted octanol–water partition coefficient (Wildman–Crippen LogP) is 3.38. The van der Waals surface area contributed by atoms with E-state index in [2.05, 4.69) is 10.3 Å². The van der Waals surface area contributed by atoms with Crippen LogP contribution in [-0.4, -0.2) is 23.7 Å². The Morgan fingerprint density at radius 1 is 1.23 bits per heavy atom. The minimum atomic E-state index is -0.597. The molecular formula is C15H16N2O4S. The van der Waals surface area contributed by atoms with E-state index in [1.807, 2.05) is 30.3 Å². The number of anilines is 1. The second-order valence-electron chi connectivity index (χ2n) is 4.34. The van der Waals surface area contributed by atoms with Crippen LogP contribution in [0.15, 0.2) is 30.3 Å². The van der Waals surface area contributed by atoms with E-state index in [1.54, 1.807) is 13.8 Å². The molecule has 1 aromatic carbocycles. The fourth-order valence-electron chi connectivity index (χ4n) is 1.68. The zero-order valence-electron chi connectivity index (χ0n) is 12.3. The number of esters is 1. The summed E-state index contributed by atoms with van der Waals surface area (Å²) >= 11 is 1.06. The number of nitrogens with zero attached hydrogens (tertiary/aromatic N) is 1. The van der Waals surface area contributed by atoms with Gasteiger partial charge in [0.1, 0.15) is 11.5 Å². The number of aromatic nitrogens is 1. The van der Waals surface area contributed by atoms with E-state index >= 15 is 0 Å². The largest absolute Gasteiger partial charge is 0.457 e. The van der Waals surface area contributed by atoms with Crippen LogP contribution >= 0.6 is 11.3 Å². The van der Waals surface area contributed by atoms with Crippen LogP contribution < -0.4 is 5.32 Å². The third-order valence-corrected chi connectivity index (χ3v) is 3.73. The summed E-state index contributed by atoms with van der Waals surface area (Å²) in [7, 11) is 0. The molecule has 1 heterocycles. The Balaban J connectivity index is 1.98. The summed E-state index contributed by atoms with van der Waals surface area (Å²) in [6, 6.07) is 9.40. The zero-order valence-corrected chi connectivity index (χ0v) is 13.1. The summed E-state index contributed by atoms with van der Waals surface area (Å²) in [5, 5.41) is 2.78. The highest BCUT2D eigenvalue weighted by Gasteiger charge is 2.18. The Morgan fingerprint density at radius 2 is 1.95 bits per heavy atom. The lowest BCUT2D eigenvalue weighted by molar-refractivity contribution is 0.0477. The van der Waals surface area contributed by atoms with Crippen molar-refractivity contribution in [2.45, 2.75) is 20.5 Å². The first kappa shape index (κ1) is 16.0. The first-order valence-electron chi connectivity index (χ1n) is 6.72. The van der Waals surface area contributed by atoms with Gasteiger partial charge in [-0.1, -0.05) is 41.7 Å². The summed E-state index contributed by atoms with van der Waals surface area (Å²) in [5.74, 6) is -0.462. The van der Waals surface area contributed by atoms with Gasteiger partial charge >= 0.3 is 12.1 Å². The predicted molar refractivity (Wildman–Crippen MR) is 83.1 cm³/mol. The van der Waals surface area contributed by atoms with Crippen molar-refractivity contribution in [1.29, 1.82) is 0 Å². The van der Waals surface area contributed by atoms with Crippen LogP contribution in [0.5, 0.6) is 0 Å². The van der Waals surface area contributed by atoms with Crippen molar-refractivity contribution >= 4 is 28.5 Å². The molecule has 1 amide bonds. The van der Waals surface area contributed by atoms with Gasteiger partial charge in [0.15, 0.2) is 5.13 Å². The zero-order chi connectivity index (χ0) is 15.9. The number of ether oxygens (including phenoxy) is 2. The molecule has 0 bridgehead atoms. The van der Waals surface area contributed by atoms with Crippen LogP contribution in [0.25, 0.3) is 0 Å². The lowest BCUT2D eigenvalue weighted by Crippen LogP contribution is -2.12. The molecule has 0 atom stereocenters. The molecule has 0 radical (unpaired) electrons. The van der Waals surface area contributed by atoms with E-state index in [0.29, 0.717) is 15.7 Å². The van der Waals surface area contributed by atoms with Crippen molar-refractivity contribution in [2.24, 2.45) is 0 Å². The Hall–Kier alpha value is -2.41. The number of benzene rings is 1. The minimum absolute atomic E-state index is 0.192. The van der Waals surface area contributed by atoms with Gasteiger partial charge in [-0.2, -0.15) is 0 Å². The maximum atomic E-state index is 12.1. The number of thiazole rings is 1. The van der Waals surface area contributed by atoms with E-state index in [9.17, 15) is 9.59 Å². The summed E-state index contributed by atoms with van der Waals surface area (Å²) < 4.78 is 10.0. The summed E-state index contributed by atoms with van der Waals surface area (Å²) in [6.45, 7) is 3.85. The van der Waals surface area contributed by atoms with Gasteiger partial charge in [0.2, 0.25) is 0 Å². The van der Waals surface area contributed by atoms with Crippen LogP contribution in [0.4, 0.5) is 9.93 Å². The molecule has 1 N–H and O–H groups in total. The van der Waals surface area contributed by atoms with Crippen molar-refractivity contribution in [1.82, 2.24) is 4.98 Å². The number of amides is 1. The highest BCUT2D eigenvalue weighted by molar-refractivity contribution is 7.17. The van der Waals surface area contributed by atoms with Crippen LogP contribution in [0.2, 0.25) is 0 Å². The Labute approximate surface area is 132 Å². The first-order valence-corrected chi connectivity index (χ1v) is 7.54. The van der Waals surface area contributed by atoms with Gasteiger partial charge in [-0.25, -0.2) is 14.6 Å². The van der Waals surface area contributed by atoms with Crippen LogP contribution in [0.3, 0.4) is 0 Å². The standard InChI is InChI=1S/C15H16N2O4S/c1-3-20-15(19)17-14-16-10(2)12(22-14)13(18)21-9-11-7-5-4-6-8-11/h4-8H,3,9H2,1-2H3,(H,16,17,19). The van der Waals surface area contributed by atoms with Gasteiger partial charge in [0.25, 0.3) is 0 Å². The number of nitrogens with one attached hydrogen (secondary N) is 1. The van der Waals surface area contributed by atoms with E-state index in [1.165, 1.54) is 0 Å². The maximum absolute atomic E-state index is 12.1. The van der Waals surface area contributed by atoms with E-state index in [-0.39, 0.29) is 13.2 Å². The van der Waals surface area contributed by atoms with Crippen molar-refractivity contribution in [3.05, 3.63) is 46.5 Å². The third kappa shape index (κ3) is 4.29. The molecule has 0 unspecified atom stereocenters. The summed E-state index contributed by atoms with van der Waals surface area (Å²) in [5.41, 5.74) is 1.41. The highest BCUT2D eigenvalue weighted by atomic mass is 32.1. The van der Waals surface area contributed by atoms with Gasteiger partial charge in [-0.05, 0) is 19.4 Å². The number of hydrogen-bond acceptors (Lipinski definition) is 6. The van der Waals surface area contributed by atoms with Crippen molar-refractivity contribution in [3.8, 4) is 0 Å². The first-order chi connectivity index (χ1) is 10.6. The molecule has 0 aliphatic heterocycles. The monoisotopic (exact) mass is 320 g/mol. The van der Waals surface area contributed by atoms with Gasteiger partial charge in [-0.3, -0.25) is 5.32 Å². The molecule has 0 fully saturated rings. The molecule has 2 aromatic rings. The van der Waals surface area contributed by atoms with Crippen LogP contribution in [0.1, 0.15) is 27.9 Å². The average Bonchev–Trinajstić information content (AvgIpc) is 2.86. The molecule has 116 valence electrons. The third-order valence-electron chi connectivity index (χ3n) is 2.68. The molecule has 22 heavy (non-hydrogen) atoms. The molecule has 0 saturated heterocycles. The highest BCUT2D eigenvalue weighted by Crippen LogP contribution is 2.23. The van der Waals surface area contributed by atoms with Crippen molar-refractivity contribution in [3.63, 3.8) is 0 Å². The summed E-state index contributed by atoms with van der Waals surface area (Å²) in [4.78, 5) is 27.9. The molecule has 0 aliphatic carbocycles. The normalized spacial score (nSPS) is 10.1. The molecule has 2 rings (SSSR count). The molecule has 0 spiro atoms.